The van der Waals surface area contributed by atoms with Crippen molar-refractivity contribution in [2.45, 2.75) is 18.9 Å². The molecule has 3 rings (SSSR count). The van der Waals surface area contributed by atoms with E-state index in [1.807, 2.05) is 23.7 Å². The molecule has 1 aromatic heterocycles. The molecular weight excluding hydrogens is 268 g/mol. The van der Waals surface area contributed by atoms with Crippen molar-refractivity contribution in [3.8, 4) is 0 Å². The monoisotopic (exact) mass is 282 g/mol. The van der Waals surface area contributed by atoms with Gasteiger partial charge in [-0.3, -0.25) is 0 Å². The molecule has 96 valence electrons. The molecule has 0 amide bonds. The number of benzene rings is 1. The molecule has 0 radical (unpaired) electrons. The molecule has 1 fully saturated rings. The highest BCUT2D eigenvalue weighted by Crippen LogP contribution is 2.24. The van der Waals surface area contributed by atoms with Crippen LogP contribution >= 0.6 is 11.3 Å². The number of nitrogens with zero attached hydrogens (tertiary/aromatic N) is 1. The molecule has 6 heteroatoms. The van der Waals surface area contributed by atoms with Crippen LogP contribution in [0, 0.1) is 0 Å². The molecule has 4 nitrogen and oxygen atoms in total. The van der Waals surface area contributed by atoms with Crippen LogP contribution in [0.4, 0.5) is 5.69 Å². The highest BCUT2D eigenvalue weighted by Gasteiger charge is 2.24. The van der Waals surface area contributed by atoms with E-state index in [9.17, 15) is 8.42 Å². The van der Waals surface area contributed by atoms with E-state index in [1.165, 1.54) is 0 Å². The largest absolute Gasteiger partial charge is 0.381 e. The Kier molecular flexibility index (Phi) is 2.99. The van der Waals surface area contributed by atoms with Gasteiger partial charge in [0.25, 0.3) is 0 Å². The van der Waals surface area contributed by atoms with Crippen molar-refractivity contribution in [1.29, 1.82) is 0 Å². The van der Waals surface area contributed by atoms with Gasteiger partial charge in [-0.2, -0.15) is 0 Å². The van der Waals surface area contributed by atoms with Gasteiger partial charge in [0, 0.05) is 11.7 Å². The Morgan fingerprint density at radius 3 is 3.11 bits per heavy atom. The third-order valence-corrected chi connectivity index (χ3v) is 5.78. The van der Waals surface area contributed by atoms with E-state index in [4.69, 9.17) is 0 Å². The first-order valence-electron chi connectivity index (χ1n) is 5.93. The molecule has 1 aromatic carbocycles. The molecule has 1 aliphatic heterocycles. The molecular formula is C12H14N2O2S2. The van der Waals surface area contributed by atoms with Crippen LogP contribution in [-0.4, -0.2) is 30.9 Å². The third kappa shape index (κ3) is 2.49. The summed E-state index contributed by atoms with van der Waals surface area (Å²) in [6.07, 6.45) is 1.67. The maximum atomic E-state index is 11.6. The van der Waals surface area contributed by atoms with Crippen LogP contribution in [0.2, 0.25) is 0 Å². The quantitative estimate of drug-likeness (QED) is 0.918. The lowest BCUT2D eigenvalue weighted by Crippen LogP contribution is -2.34. The third-order valence-electron chi connectivity index (χ3n) is 3.17. The van der Waals surface area contributed by atoms with Gasteiger partial charge in [-0.15, -0.1) is 11.3 Å². The minimum absolute atomic E-state index is 0.0362. The predicted molar refractivity (Wildman–Crippen MR) is 74.9 cm³/mol. The molecule has 0 aliphatic carbocycles. The number of hydrogen-bond acceptors (Lipinski definition) is 5. The lowest BCUT2D eigenvalue weighted by molar-refractivity contribution is 0.562. The molecule has 1 unspecified atom stereocenters. The molecule has 1 atom stereocenters. The molecule has 2 aromatic rings. The highest BCUT2D eigenvalue weighted by atomic mass is 32.2. The molecule has 1 aliphatic rings. The number of nitrogens with one attached hydrogen (secondary N) is 1. The van der Waals surface area contributed by atoms with Crippen LogP contribution in [0.1, 0.15) is 12.8 Å². The Balaban J connectivity index is 1.79. The van der Waals surface area contributed by atoms with E-state index in [-0.39, 0.29) is 11.8 Å². The van der Waals surface area contributed by atoms with Crippen LogP contribution < -0.4 is 5.32 Å². The molecule has 1 N–H and O–H groups in total. The van der Waals surface area contributed by atoms with Gasteiger partial charge in [0.15, 0.2) is 9.84 Å². The average Bonchev–Trinajstić information content (AvgIpc) is 2.74. The number of rotatable bonds is 2. The van der Waals surface area contributed by atoms with E-state index in [2.05, 4.69) is 10.3 Å². The smallest absolute Gasteiger partial charge is 0.152 e. The number of sulfone groups is 1. The van der Waals surface area contributed by atoms with Gasteiger partial charge < -0.3 is 5.32 Å². The molecule has 1 saturated heterocycles. The Bertz CT molecular complexity index is 664. The SMILES string of the molecule is O=S1(=O)CCCC(Nc2ccc3ncsc3c2)C1. The topological polar surface area (TPSA) is 59.1 Å². The van der Waals surface area contributed by atoms with Crippen molar-refractivity contribution < 1.29 is 8.42 Å². The number of fused-ring (bicyclic) bond motifs is 1. The first kappa shape index (κ1) is 11.9. The van der Waals surface area contributed by atoms with E-state index in [0.29, 0.717) is 5.75 Å². The fourth-order valence-electron chi connectivity index (χ4n) is 2.32. The fourth-order valence-corrected chi connectivity index (χ4v) is 4.67. The summed E-state index contributed by atoms with van der Waals surface area (Å²) >= 11 is 1.59. The summed E-state index contributed by atoms with van der Waals surface area (Å²) < 4.78 is 24.3. The summed E-state index contributed by atoms with van der Waals surface area (Å²) in [6.45, 7) is 0. The van der Waals surface area contributed by atoms with Gasteiger partial charge in [0.05, 0.1) is 27.2 Å². The second kappa shape index (κ2) is 4.51. The van der Waals surface area contributed by atoms with E-state index < -0.39 is 9.84 Å². The maximum Gasteiger partial charge on any atom is 0.152 e. The Morgan fingerprint density at radius 1 is 1.39 bits per heavy atom. The normalized spacial score (nSPS) is 23.0. The minimum Gasteiger partial charge on any atom is -0.381 e. The standard InChI is InChI=1S/C12H14N2O2S2/c15-18(16)5-1-2-10(7-18)14-9-3-4-11-12(6-9)17-8-13-11/h3-4,6,8,10,14H,1-2,5,7H2. The average molecular weight is 282 g/mol. The van der Waals surface area contributed by atoms with Crippen molar-refractivity contribution in [3.63, 3.8) is 0 Å². The minimum atomic E-state index is -2.86. The lowest BCUT2D eigenvalue weighted by Gasteiger charge is -2.23. The van der Waals surface area contributed by atoms with E-state index in [0.717, 1.165) is 28.7 Å². The molecule has 0 bridgehead atoms. The summed E-state index contributed by atoms with van der Waals surface area (Å²) in [4.78, 5) is 4.22. The van der Waals surface area contributed by atoms with E-state index >= 15 is 0 Å². The van der Waals surface area contributed by atoms with Gasteiger partial charge in [-0.05, 0) is 31.0 Å². The van der Waals surface area contributed by atoms with Gasteiger partial charge in [0.2, 0.25) is 0 Å². The Hall–Kier alpha value is -1.14. The summed E-state index contributed by atoms with van der Waals surface area (Å²) in [7, 11) is -2.86. The van der Waals surface area contributed by atoms with Gasteiger partial charge >= 0.3 is 0 Å². The number of thiazole rings is 1. The zero-order valence-corrected chi connectivity index (χ0v) is 11.4. The summed E-state index contributed by atoms with van der Waals surface area (Å²) in [5.41, 5.74) is 3.79. The van der Waals surface area contributed by atoms with Crippen molar-refractivity contribution in [3.05, 3.63) is 23.7 Å². The Labute approximate surface area is 110 Å². The molecule has 0 saturated carbocycles. The van der Waals surface area contributed by atoms with Crippen LogP contribution in [0.3, 0.4) is 0 Å². The zero-order valence-electron chi connectivity index (χ0n) is 9.80. The van der Waals surface area contributed by atoms with Crippen LogP contribution in [-0.2, 0) is 9.84 Å². The predicted octanol–water partition coefficient (Wildman–Crippen LogP) is 2.29. The van der Waals surface area contributed by atoms with Gasteiger partial charge in [-0.25, -0.2) is 13.4 Å². The Morgan fingerprint density at radius 2 is 2.28 bits per heavy atom. The molecule has 18 heavy (non-hydrogen) atoms. The number of aromatic nitrogens is 1. The van der Waals surface area contributed by atoms with Crippen LogP contribution in [0.5, 0.6) is 0 Å². The summed E-state index contributed by atoms with van der Waals surface area (Å²) in [6, 6.07) is 6.00. The zero-order chi connectivity index (χ0) is 12.6. The second-order valence-corrected chi connectivity index (χ2v) is 7.75. The van der Waals surface area contributed by atoms with Crippen molar-refractivity contribution >= 4 is 37.1 Å². The first-order chi connectivity index (χ1) is 8.62. The highest BCUT2D eigenvalue weighted by molar-refractivity contribution is 7.91. The van der Waals surface area contributed by atoms with Crippen molar-refractivity contribution in [2.24, 2.45) is 0 Å². The number of anilines is 1. The fraction of sp³-hybridized carbons (Fsp3) is 0.417. The van der Waals surface area contributed by atoms with Crippen LogP contribution in [0.15, 0.2) is 23.7 Å². The second-order valence-electron chi connectivity index (χ2n) is 4.63. The van der Waals surface area contributed by atoms with Crippen molar-refractivity contribution in [1.82, 2.24) is 4.98 Å². The molecule has 0 spiro atoms. The van der Waals surface area contributed by atoms with E-state index in [1.54, 1.807) is 11.3 Å². The number of hydrogen-bond donors (Lipinski definition) is 1. The first-order valence-corrected chi connectivity index (χ1v) is 8.63. The van der Waals surface area contributed by atoms with Crippen molar-refractivity contribution in [2.75, 3.05) is 16.8 Å². The van der Waals surface area contributed by atoms with Gasteiger partial charge in [0.1, 0.15) is 0 Å². The van der Waals surface area contributed by atoms with Gasteiger partial charge in [-0.1, -0.05) is 0 Å². The van der Waals surface area contributed by atoms with Crippen LogP contribution in [0.25, 0.3) is 10.2 Å². The summed E-state index contributed by atoms with van der Waals surface area (Å²) in [5, 5.41) is 3.32. The molecule has 2 heterocycles. The lowest BCUT2D eigenvalue weighted by atomic mass is 10.1. The summed E-state index contributed by atoms with van der Waals surface area (Å²) in [5.74, 6) is 0.576. The maximum absolute atomic E-state index is 11.6.